The summed E-state index contributed by atoms with van der Waals surface area (Å²) in [6, 6.07) is 3.44. The summed E-state index contributed by atoms with van der Waals surface area (Å²) in [4.78, 5) is 15.1. The van der Waals surface area contributed by atoms with E-state index in [0.717, 1.165) is 18.3 Å². The fourth-order valence-electron chi connectivity index (χ4n) is 1.68. The molecule has 0 N–H and O–H groups in total. The van der Waals surface area contributed by atoms with Crippen molar-refractivity contribution in [2.45, 2.75) is 20.1 Å². The molecule has 0 saturated carbocycles. The van der Waals surface area contributed by atoms with Crippen LogP contribution in [0.3, 0.4) is 0 Å². The number of benzene rings is 1. The minimum Gasteiger partial charge on any atom is -0.485 e. The number of halogens is 3. The Morgan fingerprint density at radius 3 is 2.85 bits per heavy atom. The molecule has 0 aliphatic heterocycles. The quantitative estimate of drug-likeness (QED) is 0.792. The Morgan fingerprint density at radius 1 is 1.45 bits per heavy atom. The monoisotopic (exact) mass is 284 g/mol. The van der Waals surface area contributed by atoms with Gasteiger partial charge < -0.3 is 4.74 Å². The van der Waals surface area contributed by atoms with Gasteiger partial charge in [0.25, 0.3) is 0 Å². The van der Waals surface area contributed by atoms with Gasteiger partial charge in [-0.25, -0.2) is 9.37 Å². The number of nitrogens with zero attached hydrogens (tertiary/aromatic N) is 2. The maximum Gasteiger partial charge on any atom is 0.320 e. The topological polar surface area (TPSA) is 44.1 Å². The maximum atomic E-state index is 13.1. The molecule has 2 rings (SSSR count). The second-order valence-electron chi connectivity index (χ2n) is 4.01. The zero-order valence-electron chi connectivity index (χ0n) is 10.5. The number of Topliss-reactive ketones (excluding diaryl/α,β-unsaturated/α-hetero) is 1. The number of carbonyl (C=O) groups excluding carboxylic acids is 1. The number of rotatable bonds is 5. The molecule has 0 radical (unpaired) electrons. The second kappa shape index (κ2) is 5.77. The van der Waals surface area contributed by atoms with Crippen LogP contribution in [0.5, 0.6) is 5.75 Å². The fourth-order valence-corrected chi connectivity index (χ4v) is 1.68. The van der Waals surface area contributed by atoms with Gasteiger partial charge in [0, 0.05) is 12.4 Å². The molecule has 20 heavy (non-hydrogen) atoms. The molecule has 0 spiro atoms. The van der Waals surface area contributed by atoms with Crippen molar-refractivity contribution in [3.63, 3.8) is 0 Å². The van der Waals surface area contributed by atoms with Crippen molar-refractivity contribution in [2.24, 2.45) is 0 Å². The van der Waals surface area contributed by atoms with Crippen LogP contribution >= 0.6 is 0 Å². The highest BCUT2D eigenvalue weighted by atomic mass is 19.3. The Balaban J connectivity index is 2.19. The average Bonchev–Trinajstić information content (AvgIpc) is 2.85. The van der Waals surface area contributed by atoms with E-state index in [9.17, 15) is 18.0 Å². The molecule has 1 heterocycles. The number of hydrogen-bond acceptors (Lipinski definition) is 3. The Morgan fingerprint density at radius 2 is 2.20 bits per heavy atom. The number of ether oxygens (including phenoxy) is 1. The number of hydrogen-bond donors (Lipinski definition) is 0. The lowest BCUT2D eigenvalue weighted by Crippen LogP contribution is -2.09. The van der Waals surface area contributed by atoms with Crippen LogP contribution in [0.2, 0.25) is 0 Å². The normalized spacial score (nSPS) is 10.8. The summed E-state index contributed by atoms with van der Waals surface area (Å²) in [5, 5.41) is 0. The molecule has 106 valence electrons. The highest BCUT2D eigenvalue weighted by Crippen LogP contribution is 2.22. The van der Waals surface area contributed by atoms with Crippen LogP contribution in [0, 0.1) is 5.82 Å². The van der Waals surface area contributed by atoms with Crippen molar-refractivity contribution in [1.82, 2.24) is 9.55 Å². The Kier molecular flexibility index (Phi) is 4.07. The van der Waals surface area contributed by atoms with Crippen molar-refractivity contribution in [2.75, 3.05) is 0 Å². The van der Waals surface area contributed by atoms with Crippen molar-refractivity contribution >= 4 is 5.78 Å². The van der Waals surface area contributed by atoms with Gasteiger partial charge in [-0.2, -0.15) is 8.78 Å². The van der Waals surface area contributed by atoms with Gasteiger partial charge in [-0.3, -0.25) is 9.36 Å². The van der Waals surface area contributed by atoms with E-state index in [-0.39, 0.29) is 29.5 Å². The smallest absolute Gasteiger partial charge is 0.320 e. The Hall–Kier alpha value is -2.31. The molecule has 0 aliphatic rings. The van der Waals surface area contributed by atoms with Gasteiger partial charge in [-0.15, -0.1) is 0 Å². The lowest BCUT2D eigenvalue weighted by molar-refractivity contribution is 0.0631. The predicted octanol–water partition coefficient (Wildman–Crippen LogP) is 3.20. The van der Waals surface area contributed by atoms with E-state index in [4.69, 9.17) is 4.74 Å². The molecule has 1 aromatic heterocycles. The molecule has 0 atom stereocenters. The molecule has 4 nitrogen and oxygen atoms in total. The molecule has 1 aromatic carbocycles. The molecular formula is C13H11F3N2O2. The van der Waals surface area contributed by atoms with Gasteiger partial charge >= 0.3 is 6.55 Å². The van der Waals surface area contributed by atoms with Crippen molar-refractivity contribution < 1.29 is 22.7 Å². The third kappa shape index (κ3) is 2.98. The summed E-state index contributed by atoms with van der Waals surface area (Å²) in [6.45, 7) is -1.71. The first-order chi connectivity index (χ1) is 9.49. The van der Waals surface area contributed by atoms with Crippen LogP contribution in [0.15, 0.2) is 30.6 Å². The second-order valence-corrected chi connectivity index (χ2v) is 4.01. The number of ketones is 1. The molecule has 0 aliphatic carbocycles. The molecule has 0 saturated heterocycles. The lowest BCUT2D eigenvalue weighted by Gasteiger charge is -2.11. The number of carbonyl (C=O) groups is 1. The average molecular weight is 284 g/mol. The molecule has 0 bridgehead atoms. The first-order valence-corrected chi connectivity index (χ1v) is 5.72. The summed E-state index contributed by atoms with van der Waals surface area (Å²) in [5.74, 6) is -0.810. The summed E-state index contributed by atoms with van der Waals surface area (Å²) in [6.07, 6.45) is 2.35. The van der Waals surface area contributed by atoms with Crippen LogP contribution in [0.1, 0.15) is 29.7 Å². The molecule has 0 fully saturated rings. The van der Waals surface area contributed by atoms with Gasteiger partial charge in [-0.05, 0) is 25.1 Å². The fraction of sp³-hybridized carbons (Fsp3) is 0.231. The van der Waals surface area contributed by atoms with E-state index >= 15 is 0 Å². The van der Waals surface area contributed by atoms with Crippen LogP contribution in [-0.4, -0.2) is 15.3 Å². The molecule has 2 aromatic rings. The molecular weight excluding hydrogens is 273 g/mol. The van der Waals surface area contributed by atoms with E-state index in [1.165, 1.54) is 19.2 Å². The van der Waals surface area contributed by atoms with Gasteiger partial charge in [0.1, 0.15) is 18.2 Å². The van der Waals surface area contributed by atoms with E-state index in [0.29, 0.717) is 4.57 Å². The van der Waals surface area contributed by atoms with Gasteiger partial charge in [0.15, 0.2) is 11.6 Å². The summed E-state index contributed by atoms with van der Waals surface area (Å²) in [7, 11) is 0. The lowest BCUT2D eigenvalue weighted by atomic mass is 10.1. The van der Waals surface area contributed by atoms with Gasteiger partial charge in [0.05, 0.1) is 5.56 Å². The van der Waals surface area contributed by atoms with Crippen molar-refractivity contribution in [1.29, 1.82) is 0 Å². The summed E-state index contributed by atoms with van der Waals surface area (Å²) >= 11 is 0. The van der Waals surface area contributed by atoms with E-state index < -0.39 is 12.4 Å². The van der Waals surface area contributed by atoms with Crippen LogP contribution in [0.4, 0.5) is 13.2 Å². The zero-order valence-corrected chi connectivity index (χ0v) is 10.5. The standard InChI is InChI=1S/C13H11F3N2O2/c1-8(19)10-6-9(14)2-3-11(10)20-7-12-17-4-5-18(12)13(15)16/h2-6,13H,7H2,1H3. The van der Waals surface area contributed by atoms with E-state index in [1.54, 1.807) is 0 Å². The highest BCUT2D eigenvalue weighted by Gasteiger charge is 2.14. The molecule has 0 amide bonds. The molecule has 0 unspecified atom stereocenters. The highest BCUT2D eigenvalue weighted by molar-refractivity contribution is 5.96. The first kappa shape index (κ1) is 14.1. The number of aromatic nitrogens is 2. The van der Waals surface area contributed by atoms with Crippen LogP contribution < -0.4 is 4.74 Å². The minimum absolute atomic E-state index is 0.0128. The van der Waals surface area contributed by atoms with E-state index in [2.05, 4.69) is 4.98 Å². The first-order valence-electron chi connectivity index (χ1n) is 5.72. The van der Waals surface area contributed by atoms with Crippen molar-refractivity contribution in [3.8, 4) is 5.75 Å². The van der Waals surface area contributed by atoms with Crippen LogP contribution in [-0.2, 0) is 6.61 Å². The molecule has 7 heteroatoms. The minimum atomic E-state index is -2.73. The number of imidazole rings is 1. The number of alkyl halides is 2. The van der Waals surface area contributed by atoms with Crippen LogP contribution in [0.25, 0.3) is 0 Å². The third-order valence-electron chi connectivity index (χ3n) is 2.64. The largest absolute Gasteiger partial charge is 0.485 e. The van der Waals surface area contributed by atoms with Gasteiger partial charge in [-0.1, -0.05) is 0 Å². The zero-order chi connectivity index (χ0) is 14.7. The SMILES string of the molecule is CC(=O)c1cc(F)ccc1OCc1nccn1C(F)F. The third-order valence-corrected chi connectivity index (χ3v) is 2.64. The van der Waals surface area contributed by atoms with Crippen molar-refractivity contribution in [3.05, 3.63) is 47.8 Å². The Labute approximate surface area is 112 Å². The predicted molar refractivity (Wildman–Crippen MR) is 64.2 cm³/mol. The summed E-state index contributed by atoms with van der Waals surface area (Å²) < 4.78 is 44.2. The van der Waals surface area contributed by atoms with Gasteiger partial charge in [0.2, 0.25) is 0 Å². The van der Waals surface area contributed by atoms with E-state index in [1.807, 2.05) is 0 Å². The maximum absolute atomic E-state index is 13.1. The summed E-state index contributed by atoms with van der Waals surface area (Å²) in [5.41, 5.74) is 0.0557. The Bertz CT molecular complexity index is 626.